The molecule has 1 aromatic heterocycles. The van der Waals surface area contributed by atoms with Crippen LogP contribution in [0.2, 0.25) is 0 Å². The number of ether oxygens (including phenoxy) is 2. The summed E-state index contributed by atoms with van der Waals surface area (Å²) in [5.74, 6) is -4.26. The van der Waals surface area contributed by atoms with Crippen molar-refractivity contribution in [2.75, 3.05) is 6.54 Å². The van der Waals surface area contributed by atoms with E-state index in [1.54, 1.807) is 41.5 Å². The maximum atomic E-state index is 14.4. The number of hydrogen-bond donors (Lipinski definition) is 3. The number of carbonyl (C=O) groups excluding carboxylic acids is 4. The number of likely N-dealkylation sites (tertiary alicyclic amines) is 1. The predicted molar refractivity (Wildman–Crippen MR) is 188 cm³/mol. The van der Waals surface area contributed by atoms with Crippen molar-refractivity contribution in [2.45, 2.75) is 114 Å². The van der Waals surface area contributed by atoms with Crippen molar-refractivity contribution in [3.05, 3.63) is 48.2 Å². The molecule has 2 saturated carbocycles. The number of rotatable bonds is 10. The van der Waals surface area contributed by atoms with Gasteiger partial charge in [-0.05, 0) is 57.6 Å². The molecule has 2 aromatic rings. The summed E-state index contributed by atoms with van der Waals surface area (Å²) in [6.45, 7) is 12.7. The van der Waals surface area contributed by atoms with E-state index in [1.165, 1.54) is 6.08 Å². The third-order valence-corrected chi connectivity index (χ3v) is 11.4. The monoisotopic (exact) mass is 819 g/mol. The minimum absolute atomic E-state index is 0.0512. The summed E-state index contributed by atoms with van der Waals surface area (Å²) in [6.07, 6.45) is -11.1. The SMILES string of the molecule is C=CC1CC1(NC(=O)C1CC(Oc2cc(C(F)(F)F)nc3c(C(F)(F)F)cccc23)CN1C(=O)C(NC(=O)OC(C)(C)C)C(C)(C)C)C(=O)NS(=O)(=O)C1CC1. The van der Waals surface area contributed by atoms with E-state index in [-0.39, 0.29) is 6.42 Å². The molecule has 0 spiro atoms. The molecule has 20 heteroatoms. The fourth-order valence-corrected chi connectivity index (χ4v) is 7.87. The summed E-state index contributed by atoms with van der Waals surface area (Å²) in [4.78, 5) is 59.2. The van der Waals surface area contributed by atoms with Gasteiger partial charge in [0.2, 0.25) is 21.8 Å². The summed E-state index contributed by atoms with van der Waals surface area (Å²) >= 11 is 0. The zero-order chi connectivity index (χ0) is 42.0. The quantitative estimate of drug-likeness (QED) is 0.215. The number of para-hydroxylation sites is 1. The van der Waals surface area contributed by atoms with Crippen molar-refractivity contribution in [2.24, 2.45) is 11.3 Å². The maximum absolute atomic E-state index is 14.4. The Labute approximate surface area is 319 Å². The number of amides is 4. The normalized spacial score (nSPS) is 23.6. The molecule has 0 radical (unpaired) electrons. The van der Waals surface area contributed by atoms with Crippen LogP contribution in [0.15, 0.2) is 36.9 Å². The molecule has 2 aliphatic carbocycles. The van der Waals surface area contributed by atoms with Gasteiger partial charge in [0.05, 0.1) is 22.9 Å². The zero-order valence-corrected chi connectivity index (χ0v) is 32.2. The van der Waals surface area contributed by atoms with E-state index in [0.29, 0.717) is 25.0 Å². The Hall–Kier alpha value is -4.62. The molecule has 1 aromatic carbocycles. The van der Waals surface area contributed by atoms with Crippen LogP contribution in [0.4, 0.5) is 31.1 Å². The molecule has 308 valence electrons. The standard InChI is InChI=1S/C36H43F6N5O8S/c1-8-18-16-34(18,30(50)46-56(52,53)20-12-13-20)45-28(48)23-14-19(17-47(23)29(49)27(32(2,3)4)44-31(51)55-33(5,6)7)54-24-15-25(36(40,41)42)43-26-21(24)10-9-11-22(26)35(37,38)39/h8-11,15,18-20,23,27H,1,12-14,16-17H2,2-7H3,(H,44,51)(H,45,48)(H,46,50). The third kappa shape index (κ3) is 9.15. The molecule has 1 saturated heterocycles. The van der Waals surface area contributed by atoms with E-state index >= 15 is 0 Å². The Morgan fingerprint density at radius 1 is 1.02 bits per heavy atom. The average Bonchev–Trinajstić information content (AvgIpc) is 3.97. The molecule has 3 N–H and O–H groups in total. The highest BCUT2D eigenvalue weighted by molar-refractivity contribution is 7.91. The highest BCUT2D eigenvalue weighted by Crippen LogP contribution is 2.46. The first kappa shape index (κ1) is 42.5. The van der Waals surface area contributed by atoms with Crippen molar-refractivity contribution in [1.82, 2.24) is 25.2 Å². The van der Waals surface area contributed by atoms with Crippen molar-refractivity contribution in [1.29, 1.82) is 0 Å². The van der Waals surface area contributed by atoms with Crippen LogP contribution in [0.25, 0.3) is 10.9 Å². The Bertz CT molecular complexity index is 2040. The molecule has 3 aliphatic rings. The smallest absolute Gasteiger partial charge is 0.433 e. The third-order valence-electron chi connectivity index (χ3n) is 9.56. The first-order chi connectivity index (χ1) is 25.6. The van der Waals surface area contributed by atoms with E-state index in [2.05, 4.69) is 22.2 Å². The number of alkyl carbamates (subject to hydrolysis) is 1. The van der Waals surface area contributed by atoms with E-state index in [4.69, 9.17) is 9.47 Å². The zero-order valence-electron chi connectivity index (χ0n) is 31.4. The largest absolute Gasteiger partial charge is 0.488 e. The lowest BCUT2D eigenvalue weighted by Gasteiger charge is -2.36. The van der Waals surface area contributed by atoms with Crippen LogP contribution < -0.4 is 20.1 Å². The van der Waals surface area contributed by atoms with Crippen molar-refractivity contribution in [3.8, 4) is 5.75 Å². The number of carbonyl (C=O) groups is 4. The number of nitrogens with one attached hydrogen (secondary N) is 3. The number of alkyl halides is 6. The van der Waals surface area contributed by atoms with Crippen molar-refractivity contribution >= 4 is 44.7 Å². The summed E-state index contributed by atoms with van der Waals surface area (Å²) in [5.41, 5.74) is -8.01. The Morgan fingerprint density at radius 2 is 1.66 bits per heavy atom. The van der Waals surface area contributed by atoms with Crippen LogP contribution in [0, 0.1) is 11.3 Å². The number of halogens is 6. The van der Waals surface area contributed by atoms with Crippen LogP contribution in [0.3, 0.4) is 0 Å². The van der Waals surface area contributed by atoms with Gasteiger partial charge in [0, 0.05) is 23.8 Å². The van der Waals surface area contributed by atoms with Gasteiger partial charge in [0.1, 0.15) is 40.8 Å². The minimum atomic E-state index is -5.20. The van der Waals surface area contributed by atoms with Gasteiger partial charge in [-0.25, -0.2) is 18.2 Å². The van der Waals surface area contributed by atoms with Crippen LogP contribution in [0.1, 0.15) is 78.5 Å². The van der Waals surface area contributed by atoms with Crippen molar-refractivity contribution < 1.29 is 63.4 Å². The second-order valence-corrected chi connectivity index (χ2v) is 18.3. The first-order valence-electron chi connectivity index (χ1n) is 17.6. The van der Waals surface area contributed by atoms with Gasteiger partial charge in [0.15, 0.2) is 0 Å². The summed E-state index contributed by atoms with van der Waals surface area (Å²) in [7, 11) is -4.06. The molecule has 5 unspecified atom stereocenters. The number of hydrogen-bond acceptors (Lipinski definition) is 9. The summed E-state index contributed by atoms with van der Waals surface area (Å²) in [6, 6.07) is 0.0925. The number of nitrogens with zero attached hydrogens (tertiary/aromatic N) is 2. The molecule has 13 nitrogen and oxygen atoms in total. The van der Waals surface area contributed by atoms with Gasteiger partial charge in [0.25, 0.3) is 5.91 Å². The fourth-order valence-electron chi connectivity index (χ4n) is 6.50. The second kappa shape index (κ2) is 14.4. The maximum Gasteiger partial charge on any atom is 0.433 e. The molecule has 2 heterocycles. The Balaban J connectivity index is 1.53. The van der Waals surface area contributed by atoms with E-state index in [9.17, 15) is 53.9 Å². The van der Waals surface area contributed by atoms with Gasteiger partial charge in [-0.3, -0.25) is 19.1 Å². The number of benzene rings is 1. The highest BCUT2D eigenvalue weighted by Gasteiger charge is 2.62. The molecular weight excluding hydrogens is 776 g/mol. The van der Waals surface area contributed by atoms with E-state index < -0.39 is 133 Å². The molecular formula is C36H43F6N5O8S. The van der Waals surface area contributed by atoms with E-state index in [1.807, 2.05) is 4.72 Å². The van der Waals surface area contributed by atoms with Gasteiger partial charge < -0.3 is 25.0 Å². The number of pyridine rings is 1. The molecule has 3 fully saturated rings. The molecule has 56 heavy (non-hydrogen) atoms. The lowest BCUT2D eigenvalue weighted by atomic mass is 9.85. The molecule has 5 rings (SSSR count). The van der Waals surface area contributed by atoms with Crippen LogP contribution in [-0.4, -0.2) is 83.2 Å². The predicted octanol–water partition coefficient (Wildman–Crippen LogP) is 5.23. The van der Waals surface area contributed by atoms with Crippen LogP contribution in [-0.2, 0) is 41.5 Å². The molecule has 4 amide bonds. The first-order valence-corrected chi connectivity index (χ1v) is 19.2. The highest BCUT2D eigenvalue weighted by atomic mass is 32.2. The molecule has 0 bridgehead atoms. The van der Waals surface area contributed by atoms with Gasteiger partial charge in [-0.1, -0.05) is 32.9 Å². The second-order valence-electron chi connectivity index (χ2n) is 16.3. The lowest BCUT2D eigenvalue weighted by molar-refractivity contribution is -0.143. The number of sulfonamides is 1. The van der Waals surface area contributed by atoms with Gasteiger partial charge in [-0.2, -0.15) is 26.3 Å². The summed E-state index contributed by atoms with van der Waals surface area (Å²) < 4.78 is 122. The minimum Gasteiger partial charge on any atom is -0.488 e. The van der Waals surface area contributed by atoms with Gasteiger partial charge in [-0.15, -0.1) is 6.58 Å². The van der Waals surface area contributed by atoms with Gasteiger partial charge >= 0.3 is 18.4 Å². The summed E-state index contributed by atoms with van der Waals surface area (Å²) in [5, 5.41) is 3.86. The van der Waals surface area contributed by atoms with Crippen LogP contribution >= 0.6 is 0 Å². The molecule has 1 aliphatic heterocycles. The Kier molecular flexibility index (Phi) is 10.9. The Morgan fingerprint density at radius 3 is 2.18 bits per heavy atom. The molecule has 5 atom stereocenters. The average molecular weight is 820 g/mol. The van der Waals surface area contributed by atoms with Crippen molar-refractivity contribution in [3.63, 3.8) is 0 Å². The number of aromatic nitrogens is 1. The van der Waals surface area contributed by atoms with Crippen LogP contribution in [0.5, 0.6) is 5.75 Å². The topological polar surface area (TPSA) is 173 Å². The van der Waals surface area contributed by atoms with E-state index in [0.717, 1.165) is 17.0 Å². The lowest BCUT2D eigenvalue weighted by Crippen LogP contribution is -2.60. The fraction of sp³-hybridized carbons (Fsp3) is 0.583. The number of fused-ring (bicyclic) bond motifs is 1.